The Kier molecular flexibility index (Phi) is 4.23. The first kappa shape index (κ1) is 12.2. The number of hydrogen-bond acceptors (Lipinski definition) is 3. The van der Waals surface area contributed by atoms with Crippen LogP contribution in [0.15, 0.2) is 35.8 Å². The van der Waals surface area contributed by atoms with Crippen LogP contribution in [0.25, 0.3) is 0 Å². The van der Waals surface area contributed by atoms with Gasteiger partial charge in [0, 0.05) is 11.6 Å². The molecular weight excluding hydrogens is 235 g/mol. The number of hydrogen-bond donors (Lipinski definition) is 1. The molecule has 1 atom stereocenters. The Balaban J connectivity index is 1.78. The molecule has 2 nitrogen and oxygen atoms in total. The van der Waals surface area contributed by atoms with E-state index in [0.717, 1.165) is 23.5 Å². The second kappa shape index (κ2) is 5.89. The van der Waals surface area contributed by atoms with Crippen molar-refractivity contribution in [2.45, 2.75) is 19.4 Å². The maximum atomic E-state index is 12.7. The van der Waals surface area contributed by atoms with E-state index >= 15 is 0 Å². The van der Waals surface area contributed by atoms with Crippen molar-refractivity contribution in [3.8, 4) is 0 Å². The number of thiazole rings is 1. The van der Waals surface area contributed by atoms with Gasteiger partial charge in [-0.25, -0.2) is 9.37 Å². The summed E-state index contributed by atoms with van der Waals surface area (Å²) in [5.74, 6) is -0.183. The van der Waals surface area contributed by atoms with E-state index in [1.54, 1.807) is 11.3 Å². The number of aromatic nitrogens is 1. The van der Waals surface area contributed by atoms with E-state index in [-0.39, 0.29) is 11.9 Å². The van der Waals surface area contributed by atoms with Gasteiger partial charge in [-0.05, 0) is 37.6 Å². The van der Waals surface area contributed by atoms with Gasteiger partial charge in [0.1, 0.15) is 10.8 Å². The zero-order chi connectivity index (χ0) is 12.1. The maximum Gasteiger partial charge on any atom is 0.123 e. The Hall–Kier alpha value is -1.26. The number of halogens is 1. The van der Waals surface area contributed by atoms with Gasteiger partial charge in [-0.15, -0.1) is 11.3 Å². The summed E-state index contributed by atoms with van der Waals surface area (Å²) in [6.45, 7) is 2.97. The van der Waals surface area contributed by atoms with Crippen LogP contribution in [0.1, 0.15) is 23.5 Å². The largest absolute Gasteiger partial charge is 0.308 e. The zero-order valence-corrected chi connectivity index (χ0v) is 10.5. The lowest BCUT2D eigenvalue weighted by Crippen LogP contribution is -2.21. The molecule has 0 bridgehead atoms. The third kappa shape index (κ3) is 3.61. The highest BCUT2D eigenvalue weighted by Gasteiger charge is 2.06. The van der Waals surface area contributed by atoms with Gasteiger partial charge in [0.2, 0.25) is 0 Å². The van der Waals surface area contributed by atoms with Crippen LogP contribution in [0.3, 0.4) is 0 Å². The fourth-order valence-electron chi connectivity index (χ4n) is 1.62. The summed E-state index contributed by atoms with van der Waals surface area (Å²) >= 11 is 1.66. The first-order valence-corrected chi connectivity index (χ1v) is 6.51. The molecule has 0 saturated carbocycles. The van der Waals surface area contributed by atoms with Crippen molar-refractivity contribution in [1.82, 2.24) is 10.3 Å². The van der Waals surface area contributed by atoms with Crippen molar-refractivity contribution in [2.75, 3.05) is 6.54 Å². The third-order valence-electron chi connectivity index (χ3n) is 2.60. The van der Waals surface area contributed by atoms with Crippen LogP contribution in [0, 0.1) is 5.82 Å². The molecule has 90 valence electrons. The molecule has 2 aromatic rings. The summed E-state index contributed by atoms with van der Waals surface area (Å²) in [5.41, 5.74) is 1.14. The van der Waals surface area contributed by atoms with Crippen molar-refractivity contribution >= 4 is 11.3 Å². The quantitative estimate of drug-likeness (QED) is 0.881. The molecule has 0 spiro atoms. The molecule has 1 unspecified atom stereocenters. The molecule has 0 fully saturated rings. The van der Waals surface area contributed by atoms with Crippen LogP contribution in [0.5, 0.6) is 0 Å². The minimum Gasteiger partial charge on any atom is -0.308 e. The molecule has 1 aromatic heterocycles. The molecular formula is C13H15FN2S. The van der Waals surface area contributed by atoms with Crippen LogP contribution < -0.4 is 5.32 Å². The number of nitrogens with zero attached hydrogens (tertiary/aromatic N) is 1. The Morgan fingerprint density at radius 1 is 1.35 bits per heavy atom. The molecule has 1 N–H and O–H groups in total. The summed E-state index contributed by atoms with van der Waals surface area (Å²) in [6.07, 6.45) is 2.72. The molecule has 1 heterocycles. The normalized spacial score (nSPS) is 12.6. The molecule has 0 radical (unpaired) electrons. The Morgan fingerprint density at radius 3 is 2.76 bits per heavy atom. The van der Waals surface area contributed by atoms with E-state index in [0.29, 0.717) is 0 Å². The van der Waals surface area contributed by atoms with Gasteiger partial charge in [0.05, 0.1) is 6.04 Å². The number of rotatable bonds is 5. The van der Waals surface area contributed by atoms with Crippen LogP contribution in [0.4, 0.5) is 4.39 Å². The van der Waals surface area contributed by atoms with Gasteiger partial charge >= 0.3 is 0 Å². The highest BCUT2D eigenvalue weighted by molar-refractivity contribution is 7.09. The molecule has 0 amide bonds. The van der Waals surface area contributed by atoms with Crippen LogP contribution in [-0.4, -0.2) is 11.5 Å². The van der Waals surface area contributed by atoms with Crippen molar-refractivity contribution in [2.24, 2.45) is 0 Å². The SMILES string of the molecule is CC(NCCc1ccc(F)cc1)c1nccs1. The Morgan fingerprint density at radius 2 is 2.12 bits per heavy atom. The van der Waals surface area contributed by atoms with Gasteiger partial charge in [-0.1, -0.05) is 12.1 Å². The summed E-state index contributed by atoms with van der Waals surface area (Å²) in [7, 11) is 0. The van der Waals surface area contributed by atoms with Gasteiger partial charge in [-0.3, -0.25) is 0 Å². The summed E-state index contributed by atoms with van der Waals surface area (Å²) in [6, 6.07) is 6.92. The molecule has 0 aliphatic heterocycles. The van der Waals surface area contributed by atoms with Crippen molar-refractivity contribution in [3.63, 3.8) is 0 Å². The highest BCUT2D eigenvalue weighted by Crippen LogP contribution is 2.14. The smallest absolute Gasteiger partial charge is 0.123 e. The minimum absolute atomic E-state index is 0.183. The van der Waals surface area contributed by atoms with Gasteiger partial charge in [0.15, 0.2) is 0 Å². The average molecular weight is 250 g/mol. The second-order valence-corrected chi connectivity index (χ2v) is 4.85. The lowest BCUT2D eigenvalue weighted by atomic mass is 10.1. The summed E-state index contributed by atoms with van der Waals surface area (Å²) < 4.78 is 12.7. The van der Waals surface area contributed by atoms with E-state index in [2.05, 4.69) is 17.2 Å². The fraction of sp³-hybridized carbons (Fsp3) is 0.308. The van der Waals surface area contributed by atoms with Crippen molar-refractivity contribution in [3.05, 3.63) is 52.2 Å². The third-order valence-corrected chi connectivity index (χ3v) is 3.56. The molecule has 17 heavy (non-hydrogen) atoms. The van der Waals surface area contributed by atoms with E-state index in [4.69, 9.17) is 0 Å². The molecule has 0 aliphatic carbocycles. The zero-order valence-electron chi connectivity index (χ0n) is 9.69. The van der Waals surface area contributed by atoms with E-state index in [9.17, 15) is 4.39 Å². The fourth-order valence-corrected chi connectivity index (χ4v) is 2.29. The lowest BCUT2D eigenvalue weighted by molar-refractivity contribution is 0.573. The average Bonchev–Trinajstić information content (AvgIpc) is 2.85. The molecule has 2 rings (SSSR count). The Labute approximate surface area is 105 Å². The maximum absolute atomic E-state index is 12.7. The number of benzene rings is 1. The predicted octanol–water partition coefficient (Wildman–Crippen LogP) is 3.18. The van der Waals surface area contributed by atoms with Gasteiger partial charge < -0.3 is 5.32 Å². The van der Waals surface area contributed by atoms with E-state index < -0.39 is 0 Å². The van der Waals surface area contributed by atoms with Crippen molar-refractivity contribution in [1.29, 1.82) is 0 Å². The Bertz CT molecular complexity index is 439. The topological polar surface area (TPSA) is 24.9 Å². The molecule has 0 aliphatic rings. The monoisotopic (exact) mass is 250 g/mol. The van der Waals surface area contributed by atoms with Crippen LogP contribution in [0.2, 0.25) is 0 Å². The van der Waals surface area contributed by atoms with Crippen LogP contribution in [-0.2, 0) is 6.42 Å². The summed E-state index contributed by atoms with van der Waals surface area (Å²) in [4.78, 5) is 4.26. The first-order chi connectivity index (χ1) is 8.25. The highest BCUT2D eigenvalue weighted by atomic mass is 32.1. The van der Waals surface area contributed by atoms with E-state index in [1.165, 1.54) is 12.1 Å². The minimum atomic E-state index is -0.183. The van der Waals surface area contributed by atoms with Gasteiger partial charge in [0.25, 0.3) is 0 Å². The summed E-state index contributed by atoms with van der Waals surface area (Å²) in [5, 5.41) is 6.48. The second-order valence-electron chi connectivity index (χ2n) is 3.92. The molecule has 0 saturated heterocycles. The first-order valence-electron chi connectivity index (χ1n) is 5.63. The molecule has 4 heteroatoms. The molecule has 1 aromatic carbocycles. The predicted molar refractivity (Wildman–Crippen MR) is 68.6 cm³/mol. The van der Waals surface area contributed by atoms with Crippen molar-refractivity contribution < 1.29 is 4.39 Å². The number of nitrogens with one attached hydrogen (secondary N) is 1. The van der Waals surface area contributed by atoms with E-state index in [1.807, 2.05) is 23.7 Å². The lowest BCUT2D eigenvalue weighted by Gasteiger charge is -2.10. The van der Waals surface area contributed by atoms with Crippen LogP contribution >= 0.6 is 11.3 Å². The standard InChI is InChI=1S/C13H15FN2S/c1-10(13-16-8-9-17-13)15-7-6-11-2-4-12(14)5-3-11/h2-5,8-10,15H,6-7H2,1H3. The van der Waals surface area contributed by atoms with Gasteiger partial charge in [-0.2, -0.15) is 0 Å².